The highest BCUT2D eigenvalue weighted by Gasteiger charge is 2.30. The van der Waals surface area contributed by atoms with Gasteiger partial charge in [-0.2, -0.15) is 13.2 Å². The highest BCUT2D eigenvalue weighted by Crippen LogP contribution is 2.30. The zero-order valence-corrected chi connectivity index (χ0v) is 10.5. The minimum Gasteiger partial charge on any atom is -0.481 e. The number of halogens is 3. The number of aliphatic carboxylic acids is 1. The number of hydrogen-bond donors (Lipinski definition) is 2. The third kappa shape index (κ3) is 5.30. The Morgan fingerprint density at radius 2 is 1.89 bits per heavy atom. The normalized spacial score (nSPS) is 13.3. The summed E-state index contributed by atoms with van der Waals surface area (Å²) in [6.07, 6.45) is -4.29. The Labute approximate surface area is 109 Å². The maximum atomic E-state index is 12.4. The van der Waals surface area contributed by atoms with Crippen LogP contribution in [0.5, 0.6) is 0 Å². The summed E-state index contributed by atoms with van der Waals surface area (Å²) < 4.78 is 37.1. The molecule has 0 saturated heterocycles. The van der Waals surface area contributed by atoms with Gasteiger partial charge in [0.1, 0.15) is 0 Å². The van der Waals surface area contributed by atoms with Crippen molar-refractivity contribution in [2.45, 2.75) is 25.4 Å². The maximum absolute atomic E-state index is 12.4. The molecule has 0 aliphatic carbocycles. The molecule has 1 aromatic rings. The smallest absolute Gasteiger partial charge is 0.416 e. The zero-order valence-electron chi connectivity index (χ0n) is 10.5. The minimum atomic E-state index is -4.32. The first-order valence-electron chi connectivity index (χ1n) is 5.90. The topological polar surface area (TPSA) is 49.3 Å². The first-order valence-corrected chi connectivity index (χ1v) is 5.90. The van der Waals surface area contributed by atoms with Crippen molar-refractivity contribution >= 4 is 5.97 Å². The van der Waals surface area contributed by atoms with Gasteiger partial charge in [-0.1, -0.05) is 19.1 Å². The van der Waals surface area contributed by atoms with Crippen LogP contribution in [0.15, 0.2) is 24.3 Å². The summed E-state index contributed by atoms with van der Waals surface area (Å²) in [4.78, 5) is 10.3. The van der Waals surface area contributed by atoms with Crippen LogP contribution in [0.4, 0.5) is 13.2 Å². The van der Waals surface area contributed by atoms with Crippen molar-refractivity contribution in [2.24, 2.45) is 0 Å². The summed E-state index contributed by atoms with van der Waals surface area (Å²) in [5.74, 6) is -0.856. The molecule has 106 valence electrons. The molecular formula is C13H16F3NO2. The molecule has 0 aromatic heterocycles. The molecule has 1 atom stereocenters. The van der Waals surface area contributed by atoms with Crippen LogP contribution >= 0.6 is 0 Å². The summed E-state index contributed by atoms with van der Waals surface area (Å²) in [6, 6.07) is 5.02. The Morgan fingerprint density at radius 1 is 1.32 bits per heavy atom. The van der Waals surface area contributed by atoms with E-state index in [1.54, 1.807) is 0 Å². The number of alkyl halides is 3. The summed E-state index contributed by atoms with van der Waals surface area (Å²) in [7, 11) is 0. The van der Waals surface area contributed by atoms with Crippen molar-refractivity contribution in [3.05, 3.63) is 35.4 Å². The first-order chi connectivity index (χ1) is 8.80. The molecule has 0 spiro atoms. The molecule has 0 radical (unpaired) electrons. The zero-order chi connectivity index (χ0) is 14.5. The summed E-state index contributed by atoms with van der Waals surface area (Å²) in [6.45, 7) is 2.75. The second-order valence-electron chi connectivity index (χ2n) is 4.37. The van der Waals surface area contributed by atoms with Crippen molar-refractivity contribution in [3.8, 4) is 0 Å². The van der Waals surface area contributed by atoms with Gasteiger partial charge in [-0.25, -0.2) is 0 Å². The molecule has 0 fully saturated rings. The van der Waals surface area contributed by atoms with Crippen LogP contribution in [0.3, 0.4) is 0 Å². The lowest BCUT2D eigenvalue weighted by Crippen LogP contribution is -2.23. The average Bonchev–Trinajstić information content (AvgIpc) is 2.33. The van der Waals surface area contributed by atoms with E-state index in [0.29, 0.717) is 13.1 Å². The van der Waals surface area contributed by atoms with Gasteiger partial charge in [-0.05, 0) is 23.6 Å². The Balaban J connectivity index is 2.49. The van der Waals surface area contributed by atoms with Crippen molar-refractivity contribution in [1.82, 2.24) is 5.32 Å². The Hall–Kier alpha value is -1.56. The van der Waals surface area contributed by atoms with Gasteiger partial charge in [-0.15, -0.1) is 0 Å². The van der Waals surface area contributed by atoms with Gasteiger partial charge in [-0.3, -0.25) is 4.79 Å². The quantitative estimate of drug-likeness (QED) is 0.785. The van der Waals surface area contributed by atoms with E-state index < -0.39 is 17.7 Å². The van der Waals surface area contributed by atoms with Crippen LogP contribution < -0.4 is 5.32 Å². The third-order valence-corrected chi connectivity index (χ3v) is 2.77. The predicted octanol–water partition coefficient (Wildman–Crippen LogP) is 2.87. The first kappa shape index (κ1) is 15.5. The molecule has 19 heavy (non-hydrogen) atoms. The lowest BCUT2D eigenvalue weighted by atomic mass is 9.99. The highest BCUT2D eigenvalue weighted by molar-refractivity contribution is 5.66. The molecule has 0 aliphatic rings. The molecule has 0 bridgehead atoms. The summed E-state index contributed by atoms with van der Waals surface area (Å²) in [5, 5.41) is 11.4. The molecule has 0 heterocycles. The second kappa shape index (κ2) is 6.56. The fourth-order valence-electron chi connectivity index (χ4n) is 1.63. The number of benzene rings is 1. The Bertz CT molecular complexity index is 415. The average molecular weight is 275 g/mol. The van der Waals surface area contributed by atoms with Crippen LogP contribution in [0, 0.1) is 0 Å². The van der Waals surface area contributed by atoms with Crippen LogP contribution in [0.25, 0.3) is 0 Å². The van der Waals surface area contributed by atoms with Crippen molar-refractivity contribution in [1.29, 1.82) is 0 Å². The van der Waals surface area contributed by atoms with Crippen LogP contribution in [0.1, 0.15) is 30.4 Å². The van der Waals surface area contributed by atoms with Crippen molar-refractivity contribution < 1.29 is 23.1 Å². The lowest BCUT2D eigenvalue weighted by Gasteiger charge is -2.14. The van der Waals surface area contributed by atoms with E-state index >= 15 is 0 Å². The van der Waals surface area contributed by atoms with Crippen molar-refractivity contribution in [2.75, 3.05) is 13.1 Å². The van der Waals surface area contributed by atoms with E-state index in [2.05, 4.69) is 5.32 Å². The number of carbonyl (C=O) groups is 1. The third-order valence-electron chi connectivity index (χ3n) is 2.77. The van der Waals surface area contributed by atoms with E-state index in [1.807, 2.05) is 6.92 Å². The van der Waals surface area contributed by atoms with Gasteiger partial charge in [0.25, 0.3) is 0 Å². The molecule has 2 N–H and O–H groups in total. The highest BCUT2D eigenvalue weighted by atomic mass is 19.4. The molecule has 1 unspecified atom stereocenters. The van der Waals surface area contributed by atoms with Crippen LogP contribution in [-0.4, -0.2) is 24.2 Å². The Kier molecular flexibility index (Phi) is 5.35. The van der Waals surface area contributed by atoms with Gasteiger partial charge < -0.3 is 10.4 Å². The molecule has 6 heteroatoms. The van der Waals surface area contributed by atoms with Crippen LogP contribution in [-0.2, 0) is 11.0 Å². The Morgan fingerprint density at radius 3 is 2.37 bits per heavy atom. The molecule has 3 nitrogen and oxygen atoms in total. The van der Waals surface area contributed by atoms with Gasteiger partial charge in [0.15, 0.2) is 0 Å². The fourth-order valence-corrected chi connectivity index (χ4v) is 1.63. The largest absolute Gasteiger partial charge is 0.481 e. The van der Waals surface area contributed by atoms with E-state index in [9.17, 15) is 18.0 Å². The van der Waals surface area contributed by atoms with Gasteiger partial charge in [0, 0.05) is 13.1 Å². The molecule has 0 aliphatic heterocycles. The molecular weight excluding hydrogens is 259 g/mol. The molecule has 1 aromatic carbocycles. The van der Waals surface area contributed by atoms with Gasteiger partial charge in [0.2, 0.25) is 0 Å². The second-order valence-corrected chi connectivity index (χ2v) is 4.37. The number of carboxylic acid groups (broad SMARTS) is 1. The lowest BCUT2D eigenvalue weighted by molar-refractivity contribution is -0.138. The molecule has 0 amide bonds. The van der Waals surface area contributed by atoms with E-state index in [4.69, 9.17) is 5.11 Å². The van der Waals surface area contributed by atoms with E-state index in [1.165, 1.54) is 12.1 Å². The number of carboxylic acids is 1. The minimum absolute atomic E-state index is 0.0241. The van der Waals surface area contributed by atoms with Gasteiger partial charge in [0.05, 0.1) is 12.0 Å². The van der Waals surface area contributed by atoms with E-state index in [0.717, 1.165) is 17.7 Å². The number of hydrogen-bond acceptors (Lipinski definition) is 2. The van der Waals surface area contributed by atoms with E-state index in [-0.39, 0.29) is 12.3 Å². The van der Waals surface area contributed by atoms with Gasteiger partial charge >= 0.3 is 12.1 Å². The van der Waals surface area contributed by atoms with Crippen LogP contribution in [0.2, 0.25) is 0 Å². The predicted molar refractivity (Wildman–Crippen MR) is 65.0 cm³/mol. The maximum Gasteiger partial charge on any atom is 0.416 e. The number of rotatable bonds is 6. The number of nitrogens with one attached hydrogen (secondary N) is 1. The van der Waals surface area contributed by atoms with Crippen molar-refractivity contribution in [3.63, 3.8) is 0 Å². The SMILES string of the molecule is CC(CNCCC(=O)O)c1ccc(C(F)(F)F)cc1. The standard InChI is InChI=1S/C13H16F3NO2/c1-9(8-17-7-6-12(18)19)10-2-4-11(5-3-10)13(14,15)16/h2-5,9,17H,6-8H2,1H3,(H,18,19). The monoisotopic (exact) mass is 275 g/mol. The summed E-state index contributed by atoms with van der Waals surface area (Å²) >= 11 is 0. The molecule has 0 saturated carbocycles. The summed E-state index contributed by atoms with van der Waals surface area (Å²) in [5.41, 5.74) is 0.123. The fraction of sp³-hybridized carbons (Fsp3) is 0.462. The molecule has 1 rings (SSSR count).